The molecular weight excluding hydrogens is 370 g/mol. The van der Waals surface area contributed by atoms with Crippen LogP contribution in [0, 0.1) is 0 Å². The van der Waals surface area contributed by atoms with Gasteiger partial charge in [0.15, 0.2) is 6.61 Å². The van der Waals surface area contributed by atoms with Crippen molar-refractivity contribution in [1.29, 1.82) is 0 Å². The number of carbonyl (C=O) groups excluding carboxylic acids is 1. The van der Waals surface area contributed by atoms with Crippen LogP contribution in [0.4, 0.5) is 5.69 Å². The zero-order valence-electron chi connectivity index (χ0n) is 14.0. The molecule has 1 aromatic heterocycles. The van der Waals surface area contributed by atoms with E-state index in [0.29, 0.717) is 11.1 Å². The molecule has 3 aromatic rings. The Morgan fingerprint density at radius 2 is 2.00 bits per heavy atom. The molecule has 3 rings (SSSR count). The average Bonchev–Trinajstić information content (AvgIpc) is 3.14. The predicted octanol–water partition coefficient (Wildman–Crippen LogP) is 4.10. The van der Waals surface area contributed by atoms with Crippen molar-refractivity contribution in [1.82, 2.24) is 10.2 Å². The van der Waals surface area contributed by atoms with Gasteiger partial charge in [0.2, 0.25) is 5.91 Å². The number of ether oxygens (including phenoxy) is 1. The molecule has 2 aromatic carbocycles. The molecule has 0 unspecified atom stereocenters. The highest BCUT2D eigenvalue weighted by atomic mass is 32.2. The van der Waals surface area contributed by atoms with Gasteiger partial charge in [0.1, 0.15) is 5.75 Å². The van der Waals surface area contributed by atoms with Crippen molar-refractivity contribution in [2.75, 3.05) is 17.3 Å². The third-order valence-corrected chi connectivity index (χ3v) is 4.78. The van der Waals surface area contributed by atoms with E-state index < -0.39 is 0 Å². The minimum Gasteiger partial charge on any atom is -0.484 e. The van der Waals surface area contributed by atoms with Gasteiger partial charge in [-0.05, 0) is 36.6 Å². The standard InChI is InChI=1S/C18H17N3O3S2/c1-25-15-9-5-6-13(10-15)19-16(22)12-26-18-21-20-17(24-18)11-23-14-7-3-2-4-8-14/h2-10H,11-12H2,1H3,(H,19,22). The number of hydrogen-bond donors (Lipinski definition) is 1. The smallest absolute Gasteiger partial charge is 0.277 e. The van der Waals surface area contributed by atoms with Gasteiger partial charge in [-0.15, -0.1) is 22.0 Å². The summed E-state index contributed by atoms with van der Waals surface area (Å²) in [7, 11) is 0. The molecule has 1 amide bonds. The second-order valence-electron chi connectivity index (χ2n) is 5.13. The lowest BCUT2D eigenvalue weighted by atomic mass is 10.3. The molecule has 0 aliphatic carbocycles. The molecule has 0 fully saturated rings. The number of aromatic nitrogens is 2. The van der Waals surface area contributed by atoms with Crippen molar-refractivity contribution in [3.63, 3.8) is 0 Å². The molecule has 0 atom stereocenters. The van der Waals surface area contributed by atoms with Crippen LogP contribution in [0.3, 0.4) is 0 Å². The summed E-state index contributed by atoms with van der Waals surface area (Å²) in [5.74, 6) is 1.15. The second kappa shape index (κ2) is 9.30. The number of rotatable bonds is 8. The summed E-state index contributed by atoms with van der Waals surface area (Å²) >= 11 is 2.81. The maximum atomic E-state index is 12.0. The van der Waals surface area contributed by atoms with Gasteiger partial charge in [-0.25, -0.2) is 0 Å². The number of anilines is 1. The summed E-state index contributed by atoms with van der Waals surface area (Å²) in [6.45, 7) is 0.186. The lowest BCUT2D eigenvalue weighted by Crippen LogP contribution is -2.13. The lowest BCUT2D eigenvalue weighted by molar-refractivity contribution is -0.113. The number of nitrogens with zero attached hydrogens (tertiary/aromatic N) is 2. The molecule has 26 heavy (non-hydrogen) atoms. The molecule has 1 heterocycles. The number of carbonyl (C=O) groups is 1. The summed E-state index contributed by atoms with van der Waals surface area (Å²) in [5, 5.41) is 11.0. The van der Waals surface area contributed by atoms with Crippen molar-refractivity contribution in [2.45, 2.75) is 16.7 Å². The normalized spacial score (nSPS) is 10.5. The Hall–Kier alpha value is -2.45. The number of hydrogen-bond acceptors (Lipinski definition) is 7. The third kappa shape index (κ3) is 5.53. The SMILES string of the molecule is CSc1cccc(NC(=O)CSc2nnc(COc3ccccc3)o2)c1. The molecule has 6 nitrogen and oxygen atoms in total. The van der Waals surface area contributed by atoms with Gasteiger partial charge in [-0.1, -0.05) is 36.0 Å². The molecule has 8 heteroatoms. The van der Waals surface area contributed by atoms with E-state index in [1.807, 2.05) is 60.9 Å². The molecule has 0 aliphatic rings. The number of thioether (sulfide) groups is 2. The van der Waals surface area contributed by atoms with Gasteiger partial charge in [0.05, 0.1) is 5.75 Å². The summed E-state index contributed by atoms with van der Waals surface area (Å²) in [5.41, 5.74) is 0.768. The van der Waals surface area contributed by atoms with Gasteiger partial charge in [-0.3, -0.25) is 4.79 Å². The number of benzene rings is 2. The van der Waals surface area contributed by atoms with Crippen molar-refractivity contribution in [3.05, 3.63) is 60.5 Å². The quantitative estimate of drug-likeness (QED) is 0.583. The van der Waals surface area contributed by atoms with Crippen LogP contribution in [0.25, 0.3) is 0 Å². The highest BCUT2D eigenvalue weighted by Gasteiger charge is 2.10. The topological polar surface area (TPSA) is 77.2 Å². The van der Waals surface area contributed by atoms with E-state index in [1.54, 1.807) is 11.8 Å². The fraction of sp³-hybridized carbons (Fsp3) is 0.167. The Morgan fingerprint density at radius 1 is 1.15 bits per heavy atom. The molecule has 0 radical (unpaired) electrons. The van der Waals surface area contributed by atoms with E-state index >= 15 is 0 Å². The van der Waals surface area contributed by atoms with Crippen molar-refractivity contribution in [3.8, 4) is 5.75 Å². The van der Waals surface area contributed by atoms with E-state index in [2.05, 4.69) is 15.5 Å². The Kier molecular flexibility index (Phi) is 6.56. The summed E-state index contributed by atoms with van der Waals surface area (Å²) in [6.07, 6.45) is 1.99. The van der Waals surface area contributed by atoms with Crippen molar-refractivity contribution < 1.29 is 13.9 Å². The van der Waals surface area contributed by atoms with Gasteiger partial charge in [0.25, 0.3) is 11.1 Å². The maximum absolute atomic E-state index is 12.0. The largest absolute Gasteiger partial charge is 0.484 e. The molecule has 1 N–H and O–H groups in total. The average molecular weight is 387 g/mol. The first-order chi connectivity index (χ1) is 12.7. The first kappa shape index (κ1) is 18.3. The first-order valence-electron chi connectivity index (χ1n) is 7.80. The van der Waals surface area contributed by atoms with Gasteiger partial charge >= 0.3 is 0 Å². The van der Waals surface area contributed by atoms with E-state index in [9.17, 15) is 4.79 Å². The Morgan fingerprint density at radius 3 is 2.81 bits per heavy atom. The second-order valence-corrected chi connectivity index (χ2v) is 6.94. The number of para-hydroxylation sites is 1. The highest BCUT2D eigenvalue weighted by Crippen LogP contribution is 2.21. The molecule has 0 aliphatic heterocycles. The Balaban J connectivity index is 1.46. The van der Waals surface area contributed by atoms with E-state index in [0.717, 1.165) is 16.3 Å². The molecule has 0 bridgehead atoms. The maximum Gasteiger partial charge on any atom is 0.277 e. The van der Waals surface area contributed by atoms with Gasteiger partial charge in [0, 0.05) is 10.6 Å². The zero-order valence-corrected chi connectivity index (χ0v) is 15.7. The molecule has 0 saturated heterocycles. The Bertz CT molecular complexity index is 856. The number of nitrogens with one attached hydrogen (secondary N) is 1. The predicted molar refractivity (Wildman–Crippen MR) is 103 cm³/mol. The number of amides is 1. The third-order valence-electron chi connectivity index (χ3n) is 3.23. The van der Waals surface area contributed by atoms with E-state index in [4.69, 9.17) is 9.15 Å². The van der Waals surface area contributed by atoms with Crippen LogP contribution in [0.2, 0.25) is 0 Å². The highest BCUT2D eigenvalue weighted by molar-refractivity contribution is 7.99. The summed E-state index contributed by atoms with van der Waals surface area (Å²) in [4.78, 5) is 13.1. The molecule has 0 spiro atoms. The Labute approximate surface area is 159 Å². The fourth-order valence-corrected chi connectivity index (χ4v) is 3.08. The van der Waals surface area contributed by atoms with Gasteiger partial charge in [-0.2, -0.15) is 0 Å². The van der Waals surface area contributed by atoms with Crippen LogP contribution >= 0.6 is 23.5 Å². The van der Waals surface area contributed by atoms with Crippen molar-refractivity contribution >= 4 is 35.1 Å². The minimum atomic E-state index is -0.131. The first-order valence-corrected chi connectivity index (χ1v) is 10.0. The molecule has 134 valence electrons. The van der Waals surface area contributed by atoms with Crippen LogP contribution in [0.1, 0.15) is 5.89 Å². The summed E-state index contributed by atoms with van der Waals surface area (Å²) in [6, 6.07) is 17.1. The zero-order chi connectivity index (χ0) is 18.2. The van der Waals surface area contributed by atoms with Crippen LogP contribution in [-0.4, -0.2) is 28.1 Å². The molecular formula is C18H17N3O3S2. The van der Waals surface area contributed by atoms with Crippen LogP contribution in [-0.2, 0) is 11.4 Å². The van der Waals surface area contributed by atoms with Crippen molar-refractivity contribution in [2.24, 2.45) is 0 Å². The fourth-order valence-electron chi connectivity index (χ4n) is 2.04. The minimum absolute atomic E-state index is 0.131. The van der Waals surface area contributed by atoms with Gasteiger partial charge < -0.3 is 14.5 Å². The molecule has 0 saturated carbocycles. The van der Waals surface area contributed by atoms with Crippen LogP contribution in [0.5, 0.6) is 5.75 Å². The summed E-state index contributed by atoms with van der Waals surface area (Å²) < 4.78 is 11.0. The van der Waals surface area contributed by atoms with Crippen LogP contribution < -0.4 is 10.1 Å². The van der Waals surface area contributed by atoms with Crippen LogP contribution in [0.15, 0.2) is 69.1 Å². The lowest BCUT2D eigenvalue weighted by Gasteiger charge is -2.05. The van der Waals surface area contributed by atoms with E-state index in [-0.39, 0.29) is 18.3 Å². The monoisotopic (exact) mass is 387 g/mol. The van der Waals surface area contributed by atoms with E-state index in [1.165, 1.54) is 11.8 Å².